The molecule has 0 spiro atoms. The number of piperidine rings is 1. The van der Waals surface area contributed by atoms with Gasteiger partial charge in [-0.15, -0.1) is 0 Å². The highest BCUT2D eigenvalue weighted by atomic mass is 32.2. The molecule has 0 saturated carbocycles. The molecular weight excluding hydrogens is 244 g/mol. The van der Waals surface area contributed by atoms with Gasteiger partial charge in [-0.25, -0.2) is 0 Å². The van der Waals surface area contributed by atoms with Gasteiger partial charge in [0.05, 0.1) is 0 Å². The minimum atomic E-state index is 0.140. The van der Waals surface area contributed by atoms with Crippen molar-refractivity contribution < 1.29 is 4.79 Å². The van der Waals surface area contributed by atoms with E-state index in [0.29, 0.717) is 11.9 Å². The maximum absolute atomic E-state index is 11.8. The molecule has 0 radical (unpaired) electrons. The lowest BCUT2D eigenvalue weighted by molar-refractivity contribution is -0.135. The molecular formula is C14H28N2OS. The zero-order valence-corrected chi connectivity index (χ0v) is 12.9. The summed E-state index contributed by atoms with van der Waals surface area (Å²) >= 11 is 1.92. The minimum absolute atomic E-state index is 0.140. The topological polar surface area (TPSA) is 32.3 Å². The van der Waals surface area contributed by atoms with Crippen LogP contribution >= 0.6 is 11.8 Å². The van der Waals surface area contributed by atoms with E-state index in [9.17, 15) is 4.79 Å². The molecule has 0 aromatic carbocycles. The Balaban J connectivity index is 2.10. The van der Waals surface area contributed by atoms with E-state index in [-0.39, 0.29) is 5.92 Å². The van der Waals surface area contributed by atoms with Crippen LogP contribution in [0.5, 0.6) is 0 Å². The number of amides is 1. The molecule has 1 aliphatic rings. The molecule has 0 bridgehead atoms. The summed E-state index contributed by atoms with van der Waals surface area (Å²) in [7, 11) is 0. The number of thioether (sulfide) groups is 1. The van der Waals surface area contributed by atoms with E-state index < -0.39 is 0 Å². The monoisotopic (exact) mass is 272 g/mol. The summed E-state index contributed by atoms with van der Waals surface area (Å²) in [5.74, 6) is 1.72. The van der Waals surface area contributed by atoms with E-state index in [1.807, 2.05) is 30.5 Å². The Labute approximate surface area is 116 Å². The van der Waals surface area contributed by atoms with Gasteiger partial charge in [-0.1, -0.05) is 13.8 Å². The van der Waals surface area contributed by atoms with Crippen LogP contribution in [0.2, 0.25) is 0 Å². The summed E-state index contributed by atoms with van der Waals surface area (Å²) in [6.07, 6.45) is 6.96. The van der Waals surface area contributed by atoms with Crippen molar-refractivity contribution in [3.63, 3.8) is 0 Å². The summed E-state index contributed by atoms with van der Waals surface area (Å²) in [6, 6.07) is 0.621. The molecule has 4 heteroatoms. The minimum Gasteiger partial charge on any atom is -0.342 e. The molecule has 3 nitrogen and oxygen atoms in total. The first-order chi connectivity index (χ1) is 8.65. The lowest BCUT2D eigenvalue weighted by Crippen LogP contribution is -2.46. The Hall–Kier alpha value is -0.220. The fourth-order valence-corrected chi connectivity index (χ4v) is 2.84. The number of carbonyl (C=O) groups is 1. The Kier molecular flexibility index (Phi) is 7.75. The molecule has 1 amide bonds. The zero-order valence-electron chi connectivity index (χ0n) is 12.1. The third-order valence-electron chi connectivity index (χ3n) is 3.51. The highest BCUT2D eigenvalue weighted by Crippen LogP contribution is 2.13. The third kappa shape index (κ3) is 5.61. The van der Waals surface area contributed by atoms with Crippen molar-refractivity contribution in [2.45, 2.75) is 45.6 Å². The second-order valence-electron chi connectivity index (χ2n) is 5.41. The van der Waals surface area contributed by atoms with Crippen molar-refractivity contribution >= 4 is 17.7 Å². The maximum Gasteiger partial charge on any atom is 0.225 e. The molecule has 0 unspecified atom stereocenters. The van der Waals surface area contributed by atoms with Crippen molar-refractivity contribution in [1.29, 1.82) is 0 Å². The Morgan fingerprint density at radius 2 is 2.00 bits per heavy atom. The van der Waals surface area contributed by atoms with Crippen LogP contribution < -0.4 is 5.32 Å². The quantitative estimate of drug-likeness (QED) is 0.722. The van der Waals surface area contributed by atoms with Crippen molar-refractivity contribution in [3.05, 3.63) is 0 Å². The van der Waals surface area contributed by atoms with E-state index in [2.05, 4.69) is 11.6 Å². The molecule has 0 aromatic rings. The molecule has 1 aliphatic heterocycles. The van der Waals surface area contributed by atoms with Gasteiger partial charge in [0.1, 0.15) is 0 Å². The molecule has 0 atom stereocenters. The fourth-order valence-electron chi connectivity index (χ4n) is 2.35. The average Bonchev–Trinajstić information content (AvgIpc) is 2.38. The largest absolute Gasteiger partial charge is 0.342 e. The predicted octanol–water partition coefficient (Wildman–Crippen LogP) is 2.37. The molecule has 1 fully saturated rings. The number of nitrogens with zero attached hydrogens (tertiary/aromatic N) is 1. The van der Waals surface area contributed by atoms with Crippen molar-refractivity contribution in [2.24, 2.45) is 5.92 Å². The van der Waals surface area contributed by atoms with Crippen LogP contribution in [0.15, 0.2) is 0 Å². The van der Waals surface area contributed by atoms with Crippen LogP contribution in [0, 0.1) is 5.92 Å². The van der Waals surface area contributed by atoms with Gasteiger partial charge < -0.3 is 10.2 Å². The van der Waals surface area contributed by atoms with Gasteiger partial charge >= 0.3 is 0 Å². The van der Waals surface area contributed by atoms with Gasteiger partial charge in [0, 0.05) is 25.0 Å². The summed E-state index contributed by atoms with van der Waals surface area (Å²) in [5.41, 5.74) is 0. The number of rotatable bonds is 7. The number of nitrogens with one attached hydrogen (secondary N) is 1. The number of hydrogen-bond donors (Lipinski definition) is 1. The van der Waals surface area contributed by atoms with Crippen LogP contribution in [0.3, 0.4) is 0 Å². The normalized spacial score (nSPS) is 17.4. The summed E-state index contributed by atoms with van der Waals surface area (Å²) in [4.78, 5) is 13.9. The van der Waals surface area contributed by atoms with Crippen LogP contribution in [0.25, 0.3) is 0 Å². The first-order valence-corrected chi connectivity index (χ1v) is 8.55. The van der Waals surface area contributed by atoms with Crippen LogP contribution in [-0.2, 0) is 4.79 Å². The maximum atomic E-state index is 11.8. The Morgan fingerprint density at radius 3 is 2.56 bits per heavy atom. The lowest BCUT2D eigenvalue weighted by Gasteiger charge is -2.33. The van der Waals surface area contributed by atoms with Gasteiger partial charge in [0.25, 0.3) is 0 Å². The smallest absolute Gasteiger partial charge is 0.225 e. The van der Waals surface area contributed by atoms with Crippen molar-refractivity contribution in [2.75, 3.05) is 31.6 Å². The van der Waals surface area contributed by atoms with Gasteiger partial charge in [0.2, 0.25) is 5.91 Å². The van der Waals surface area contributed by atoms with E-state index in [0.717, 1.165) is 32.5 Å². The second-order valence-corrected chi connectivity index (χ2v) is 6.39. The van der Waals surface area contributed by atoms with E-state index >= 15 is 0 Å². The van der Waals surface area contributed by atoms with E-state index in [1.165, 1.54) is 18.6 Å². The highest BCUT2D eigenvalue weighted by Gasteiger charge is 2.23. The summed E-state index contributed by atoms with van der Waals surface area (Å²) in [6.45, 7) is 6.96. The number of unbranched alkanes of at least 4 members (excludes halogenated alkanes) is 1. The van der Waals surface area contributed by atoms with Crippen LogP contribution in [0.1, 0.15) is 39.5 Å². The van der Waals surface area contributed by atoms with Crippen LogP contribution in [-0.4, -0.2) is 48.5 Å². The molecule has 1 N–H and O–H groups in total. The van der Waals surface area contributed by atoms with E-state index in [1.54, 1.807) is 0 Å². The van der Waals surface area contributed by atoms with Crippen molar-refractivity contribution in [1.82, 2.24) is 10.2 Å². The standard InChI is InChI=1S/C14H28N2OS/c1-12(2)14(17)16-9-6-13(7-10-16)15-8-4-5-11-18-3/h12-13,15H,4-11H2,1-3H3. The van der Waals surface area contributed by atoms with E-state index in [4.69, 9.17) is 0 Å². The van der Waals surface area contributed by atoms with Gasteiger partial charge in [-0.2, -0.15) is 11.8 Å². The fraction of sp³-hybridized carbons (Fsp3) is 0.929. The molecule has 1 saturated heterocycles. The van der Waals surface area contributed by atoms with Gasteiger partial charge in [-0.05, 0) is 44.2 Å². The zero-order chi connectivity index (χ0) is 13.4. The lowest BCUT2D eigenvalue weighted by atomic mass is 10.0. The number of hydrogen-bond acceptors (Lipinski definition) is 3. The number of carbonyl (C=O) groups excluding carboxylic acids is 1. The molecule has 0 aliphatic carbocycles. The second kappa shape index (κ2) is 8.81. The summed E-state index contributed by atoms with van der Waals surface area (Å²) in [5, 5.41) is 3.62. The van der Waals surface area contributed by atoms with Gasteiger partial charge in [-0.3, -0.25) is 4.79 Å². The molecule has 0 aromatic heterocycles. The average molecular weight is 272 g/mol. The summed E-state index contributed by atoms with van der Waals surface area (Å²) < 4.78 is 0. The molecule has 1 heterocycles. The number of likely N-dealkylation sites (tertiary alicyclic amines) is 1. The highest BCUT2D eigenvalue weighted by molar-refractivity contribution is 7.98. The molecule has 106 valence electrons. The molecule has 18 heavy (non-hydrogen) atoms. The molecule has 1 rings (SSSR count). The van der Waals surface area contributed by atoms with Crippen LogP contribution in [0.4, 0.5) is 0 Å². The van der Waals surface area contributed by atoms with Crippen molar-refractivity contribution in [3.8, 4) is 0 Å². The Morgan fingerprint density at radius 1 is 1.33 bits per heavy atom. The first kappa shape index (κ1) is 15.8. The Bertz CT molecular complexity index is 238. The predicted molar refractivity (Wildman–Crippen MR) is 80.1 cm³/mol. The third-order valence-corrected chi connectivity index (χ3v) is 4.21. The first-order valence-electron chi connectivity index (χ1n) is 7.16. The SMILES string of the molecule is CSCCCCNC1CCN(C(=O)C(C)C)CC1. The van der Waals surface area contributed by atoms with Gasteiger partial charge in [0.15, 0.2) is 0 Å².